The first-order chi connectivity index (χ1) is 8.88. The topological polar surface area (TPSA) is 46.3 Å². The molecular formula is C15H21IN2O. The number of carbonyl (C=O) groups excluding carboxylic acids is 1. The van der Waals surface area contributed by atoms with Gasteiger partial charge in [-0.1, -0.05) is 26.0 Å². The van der Waals surface area contributed by atoms with Crippen LogP contribution in [0.25, 0.3) is 0 Å². The van der Waals surface area contributed by atoms with E-state index < -0.39 is 0 Å². The summed E-state index contributed by atoms with van der Waals surface area (Å²) in [5, 5.41) is 0. The number of amides is 1. The number of piperidine rings is 1. The summed E-state index contributed by atoms with van der Waals surface area (Å²) in [7, 11) is 0. The van der Waals surface area contributed by atoms with Crippen molar-refractivity contribution in [2.45, 2.75) is 32.7 Å². The zero-order chi connectivity index (χ0) is 14.0. The molecule has 4 heteroatoms. The predicted molar refractivity (Wildman–Crippen MR) is 85.8 cm³/mol. The van der Waals surface area contributed by atoms with E-state index >= 15 is 0 Å². The van der Waals surface area contributed by atoms with E-state index in [9.17, 15) is 4.79 Å². The van der Waals surface area contributed by atoms with Crippen molar-refractivity contribution in [3.8, 4) is 0 Å². The molecule has 1 atom stereocenters. The van der Waals surface area contributed by atoms with Crippen molar-refractivity contribution >= 4 is 28.5 Å². The molecule has 104 valence electrons. The standard InChI is InChI=1S/C15H21IN2O/c1-15(2)10-18(7-6-13(15)17)14(19)9-11-4-3-5-12(16)8-11/h3-5,8,13H,6-7,9-10,17H2,1-2H3. The van der Waals surface area contributed by atoms with Gasteiger partial charge in [0.2, 0.25) is 5.91 Å². The summed E-state index contributed by atoms with van der Waals surface area (Å²) in [6.07, 6.45) is 1.38. The van der Waals surface area contributed by atoms with Crippen molar-refractivity contribution in [3.63, 3.8) is 0 Å². The minimum Gasteiger partial charge on any atom is -0.342 e. The van der Waals surface area contributed by atoms with Crippen LogP contribution < -0.4 is 5.73 Å². The van der Waals surface area contributed by atoms with E-state index in [1.54, 1.807) is 0 Å². The lowest BCUT2D eigenvalue weighted by Crippen LogP contribution is -2.54. The summed E-state index contributed by atoms with van der Waals surface area (Å²) in [5.41, 5.74) is 7.21. The predicted octanol–water partition coefficient (Wildman–Crippen LogP) is 2.42. The number of nitrogens with two attached hydrogens (primary N) is 1. The van der Waals surface area contributed by atoms with Crippen molar-refractivity contribution in [3.05, 3.63) is 33.4 Å². The average Bonchev–Trinajstić information content (AvgIpc) is 2.32. The fraction of sp³-hybridized carbons (Fsp3) is 0.533. The monoisotopic (exact) mass is 372 g/mol. The highest BCUT2D eigenvalue weighted by atomic mass is 127. The Hall–Kier alpha value is -0.620. The average molecular weight is 372 g/mol. The van der Waals surface area contributed by atoms with E-state index in [2.05, 4.69) is 42.5 Å². The van der Waals surface area contributed by atoms with Gasteiger partial charge in [-0.3, -0.25) is 4.79 Å². The molecule has 3 nitrogen and oxygen atoms in total. The minimum absolute atomic E-state index is 0.0129. The molecule has 1 aliphatic rings. The first-order valence-corrected chi connectivity index (χ1v) is 7.74. The van der Waals surface area contributed by atoms with Crippen molar-refractivity contribution in [2.75, 3.05) is 13.1 Å². The van der Waals surface area contributed by atoms with Crippen molar-refractivity contribution in [1.29, 1.82) is 0 Å². The van der Waals surface area contributed by atoms with Crippen molar-refractivity contribution in [1.82, 2.24) is 4.90 Å². The smallest absolute Gasteiger partial charge is 0.227 e. The van der Waals surface area contributed by atoms with Gasteiger partial charge in [0, 0.05) is 22.7 Å². The van der Waals surface area contributed by atoms with E-state index in [1.807, 2.05) is 23.1 Å². The van der Waals surface area contributed by atoms with Crippen LogP contribution in [-0.2, 0) is 11.2 Å². The number of likely N-dealkylation sites (tertiary alicyclic amines) is 1. The second kappa shape index (κ2) is 5.79. The van der Waals surface area contributed by atoms with E-state index in [0.29, 0.717) is 6.42 Å². The largest absolute Gasteiger partial charge is 0.342 e. The summed E-state index contributed by atoms with van der Waals surface area (Å²) in [6, 6.07) is 8.31. The van der Waals surface area contributed by atoms with Crippen molar-refractivity contribution < 1.29 is 4.79 Å². The number of rotatable bonds is 2. The molecule has 0 saturated carbocycles. The Labute approximate surface area is 128 Å². The lowest BCUT2D eigenvalue weighted by Gasteiger charge is -2.42. The van der Waals surface area contributed by atoms with Crippen LogP contribution in [-0.4, -0.2) is 29.9 Å². The molecule has 1 unspecified atom stereocenters. The lowest BCUT2D eigenvalue weighted by molar-refractivity contribution is -0.133. The summed E-state index contributed by atoms with van der Waals surface area (Å²) in [6.45, 7) is 5.83. The third-order valence-electron chi connectivity index (χ3n) is 3.91. The maximum Gasteiger partial charge on any atom is 0.227 e. The Kier molecular flexibility index (Phi) is 4.50. The second-order valence-corrected chi connectivity index (χ2v) is 7.25. The molecule has 0 aliphatic carbocycles. The first-order valence-electron chi connectivity index (χ1n) is 6.66. The molecular weight excluding hydrogens is 351 g/mol. The van der Waals surface area contributed by atoms with Gasteiger partial charge >= 0.3 is 0 Å². The third kappa shape index (κ3) is 3.69. The van der Waals surface area contributed by atoms with Gasteiger partial charge < -0.3 is 10.6 Å². The fourth-order valence-corrected chi connectivity index (χ4v) is 3.13. The summed E-state index contributed by atoms with van der Waals surface area (Å²) >= 11 is 2.27. The van der Waals surface area contributed by atoms with E-state index in [4.69, 9.17) is 5.73 Å². The molecule has 0 aromatic heterocycles. The molecule has 1 fully saturated rings. The maximum atomic E-state index is 12.4. The molecule has 0 bridgehead atoms. The van der Waals surface area contributed by atoms with E-state index in [-0.39, 0.29) is 17.4 Å². The normalized spacial score (nSPS) is 22.3. The molecule has 0 spiro atoms. The molecule has 1 amide bonds. The molecule has 19 heavy (non-hydrogen) atoms. The SMILES string of the molecule is CC1(C)CN(C(=O)Cc2cccc(I)c2)CCC1N. The highest BCUT2D eigenvalue weighted by Crippen LogP contribution is 2.28. The van der Waals surface area contributed by atoms with Crippen LogP contribution in [0.2, 0.25) is 0 Å². The highest BCUT2D eigenvalue weighted by molar-refractivity contribution is 14.1. The van der Waals surface area contributed by atoms with E-state index in [1.165, 1.54) is 3.57 Å². The third-order valence-corrected chi connectivity index (χ3v) is 4.58. The molecule has 0 radical (unpaired) electrons. The number of halogens is 1. The lowest BCUT2D eigenvalue weighted by atomic mass is 9.79. The zero-order valence-electron chi connectivity index (χ0n) is 11.5. The summed E-state index contributed by atoms with van der Waals surface area (Å²) in [5.74, 6) is 0.210. The van der Waals surface area contributed by atoms with Crippen LogP contribution >= 0.6 is 22.6 Å². The fourth-order valence-electron chi connectivity index (χ4n) is 2.52. The first kappa shape index (κ1) is 14.8. The molecule has 1 aliphatic heterocycles. The Balaban J connectivity index is 2.01. The zero-order valence-corrected chi connectivity index (χ0v) is 13.7. The minimum atomic E-state index is 0.0129. The Bertz CT molecular complexity index is 473. The molecule has 1 heterocycles. The van der Waals surface area contributed by atoms with Gasteiger partial charge in [-0.2, -0.15) is 0 Å². The second-order valence-electron chi connectivity index (χ2n) is 6.01. The highest BCUT2D eigenvalue weighted by Gasteiger charge is 2.35. The summed E-state index contributed by atoms with van der Waals surface area (Å²) < 4.78 is 1.17. The van der Waals surface area contributed by atoms with Crippen LogP contribution in [0.3, 0.4) is 0 Å². The van der Waals surface area contributed by atoms with Gasteiger partial charge in [0.05, 0.1) is 6.42 Å². The number of nitrogens with zero attached hydrogens (tertiary/aromatic N) is 1. The van der Waals surface area contributed by atoms with Crippen LogP contribution in [0.5, 0.6) is 0 Å². The molecule has 2 rings (SSSR count). The summed E-state index contributed by atoms with van der Waals surface area (Å²) in [4.78, 5) is 14.3. The van der Waals surface area contributed by atoms with Crippen LogP contribution in [0.1, 0.15) is 25.8 Å². The number of benzene rings is 1. The van der Waals surface area contributed by atoms with Crippen LogP contribution in [0, 0.1) is 8.99 Å². The molecule has 1 aromatic carbocycles. The Morgan fingerprint density at radius 1 is 1.53 bits per heavy atom. The van der Waals surface area contributed by atoms with Gasteiger partial charge in [0.25, 0.3) is 0 Å². The van der Waals surface area contributed by atoms with Crippen LogP contribution in [0.15, 0.2) is 24.3 Å². The van der Waals surface area contributed by atoms with Gasteiger partial charge in [-0.15, -0.1) is 0 Å². The van der Waals surface area contributed by atoms with Gasteiger partial charge in [-0.25, -0.2) is 0 Å². The molecule has 2 N–H and O–H groups in total. The van der Waals surface area contributed by atoms with Crippen molar-refractivity contribution in [2.24, 2.45) is 11.1 Å². The molecule has 1 aromatic rings. The van der Waals surface area contributed by atoms with Gasteiger partial charge in [-0.05, 0) is 52.1 Å². The Morgan fingerprint density at radius 2 is 2.26 bits per heavy atom. The van der Waals surface area contributed by atoms with Gasteiger partial charge in [0.15, 0.2) is 0 Å². The van der Waals surface area contributed by atoms with Gasteiger partial charge in [0.1, 0.15) is 0 Å². The quantitative estimate of drug-likeness (QED) is 0.811. The number of carbonyl (C=O) groups is 1. The number of hydrogen-bond acceptors (Lipinski definition) is 2. The maximum absolute atomic E-state index is 12.4. The number of hydrogen-bond donors (Lipinski definition) is 1. The van der Waals surface area contributed by atoms with Crippen LogP contribution in [0.4, 0.5) is 0 Å². The Morgan fingerprint density at radius 3 is 2.89 bits per heavy atom. The van der Waals surface area contributed by atoms with E-state index in [0.717, 1.165) is 25.1 Å². The molecule has 1 saturated heterocycles.